The zero-order valence-electron chi connectivity index (χ0n) is 11.5. The minimum absolute atomic E-state index is 0.116. The van der Waals surface area contributed by atoms with E-state index in [2.05, 4.69) is 0 Å². The van der Waals surface area contributed by atoms with Crippen LogP contribution in [0.5, 0.6) is 5.75 Å². The summed E-state index contributed by atoms with van der Waals surface area (Å²) in [6.45, 7) is 1.05. The van der Waals surface area contributed by atoms with E-state index in [1.807, 2.05) is 0 Å². The second-order valence-electron chi connectivity index (χ2n) is 5.02. The summed E-state index contributed by atoms with van der Waals surface area (Å²) in [5.41, 5.74) is 6.27. The van der Waals surface area contributed by atoms with E-state index in [-0.39, 0.29) is 17.6 Å². The molecular weight excluding hydrogens is 278 g/mol. The lowest BCUT2D eigenvalue weighted by atomic mass is 10.3. The number of rotatable bonds is 7. The fraction of sp³-hybridized carbons (Fsp3) is 0.571. The topological polar surface area (TPSA) is 78.6 Å². The molecular formula is C14H21NO4S. The number of benzene rings is 1. The van der Waals surface area contributed by atoms with Gasteiger partial charge >= 0.3 is 0 Å². The Kier molecular flexibility index (Phi) is 5.25. The molecule has 112 valence electrons. The number of nitrogens with two attached hydrogens (primary N) is 1. The van der Waals surface area contributed by atoms with Crippen LogP contribution in [-0.2, 0) is 14.6 Å². The van der Waals surface area contributed by atoms with E-state index in [1.165, 1.54) is 0 Å². The van der Waals surface area contributed by atoms with Gasteiger partial charge in [0.2, 0.25) is 0 Å². The second kappa shape index (κ2) is 6.95. The number of sulfone groups is 1. The SMILES string of the molecule is Nc1cccc(OCCCS(=O)(=O)CC2CCCO2)c1. The van der Waals surface area contributed by atoms with Gasteiger partial charge in [-0.15, -0.1) is 0 Å². The smallest absolute Gasteiger partial charge is 0.152 e. The van der Waals surface area contributed by atoms with Crippen LogP contribution in [-0.4, -0.2) is 39.2 Å². The van der Waals surface area contributed by atoms with Gasteiger partial charge in [0.15, 0.2) is 9.84 Å². The Labute approximate surface area is 120 Å². The highest BCUT2D eigenvalue weighted by molar-refractivity contribution is 7.91. The van der Waals surface area contributed by atoms with Crippen molar-refractivity contribution in [3.05, 3.63) is 24.3 Å². The predicted octanol–water partition coefficient (Wildman–Crippen LogP) is 1.63. The van der Waals surface area contributed by atoms with Crippen LogP contribution in [0.25, 0.3) is 0 Å². The Bertz CT molecular complexity index is 524. The fourth-order valence-corrected chi connectivity index (χ4v) is 3.77. The van der Waals surface area contributed by atoms with E-state index in [4.69, 9.17) is 15.2 Å². The molecule has 0 amide bonds. The maximum absolute atomic E-state index is 11.9. The molecule has 1 unspecified atom stereocenters. The van der Waals surface area contributed by atoms with Crippen molar-refractivity contribution in [2.45, 2.75) is 25.4 Å². The summed E-state index contributed by atoms with van der Waals surface area (Å²) < 4.78 is 34.6. The van der Waals surface area contributed by atoms with Gasteiger partial charge in [-0.1, -0.05) is 6.07 Å². The quantitative estimate of drug-likeness (QED) is 0.611. The van der Waals surface area contributed by atoms with E-state index < -0.39 is 9.84 Å². The zero-order chi connectivity index (χ0) is 14.4. The lowest BCUT2D eigenvalue weighted by molar-refractivity contribution is 0.127. The van der Waals surface area contributed by atoms with E-state index in [1.54, 1.807) is 24.3 Å². The molecule has 1 aliphatic rings. The van der Waals surface area contributed by atoms with Gasteiger partial charge in [-0.05, 0) is 31.4 Å². The summed E-state index contributed by atoms with van der Waals surface area (Å²) >= 11 is 0. The Morgan fingerprint density at radius 1 is 1.40 bits per heavy atom. The largest absolute Gasteiger partial charge is 0.493 e. The van der Waals surface area contributed by atoms with Gasteiger partial charge in [0.1, 0.15) is 5.75 Å². The minimum Gasteiger partial charge on any atom is -0.493 e. The van der Waals surface area contributed by atoms with Gasteiger partial charge in [-0.3, -0.25) is 0 Å². The molecule has 1 aromatic rings. The maximum atomic E-state index is 11.9. The summed E-state index contributed by atoms with van der Waals surface area (Å²) in [5, 5.41) is 0. The molecule has 2 N–H and O–H groups in total. The van der Waals surface area contributed by atoms with Crippen LogP contribution in [0.3, 0.4) is 0 Å². The lowest BCUT2D eigenvalue weighted by Gasteiger charge is -2.10. The fourth-order valence-electron chi connectivity index (χ4n) is 2.22. The van der Waals surface area contributed by atoms with Crippen molar-refractivity contribution in [3.63, 3.8) is 0 Å². The molecule has 6 heteroatoms. The molecule has 0 saturated carbocycles. The Hall–Kier alpha value is -1.27. The van der Waals surface area contributed by atoms with Crippen LogP contribution in [0, 0.1) is 0 Å². The Balaban J connectivity index is 1.69. The van der Waals surface area contributed by atoms with Crippen LogP contribution in [0.4, 0.5) is 5.69 Å². The van der Waals surface area contributed by atoms with Crippen LogP contribution in [0.2, 0.25) is 0 Å². The summed E-state index contributed by atoms with van der Waals surface area (Å²) in [6.07, 6.45) is 2.16. The third kappa shape index (κ3) is 5.02. The van der Waals surface area contributed by atoms with Crippen molar-refractivity contribution < 1.29 is 17.9 Å². The summed E-state index contributed by atoms with van der Waals surface area (Å²) in [5.74, 6) is 0.932. The van der Waals surface area contributed by atoms with Crippen molar-refractivity contribution in [1.82, 2.24) is 0 Å². The average Bonchev–Trinajstić information content (AvgIpc) is 2.87. The molecule has 1 aromatic carbocycles. The second-order valence-corrected chi connectivity index (χ2v) is 7.25. The first kappa shape index (κ1) is 15.1. The molecule has 1 aliphatic heterocycles. The molecule has 0 bridgehead atoms. The van der Waals surface area contributed by atoms with Crippen LogP contribution in [0.15, 0.2) is 24.3 Å². The van der Waals surface area contributed by atoms with Crippen molar-refractivity contribution in [3.8, 4) is 5.75 Å². The van der Waals surface area contributed by atoms with E-state index in [0.29, 0.717) is 31.1 Å². The molecule has 1 heterocycles. The summed E-state index contributed by atoms with van der Waals surface area (Å²) in [4.78, 5) is 0. The Morgan fingerprint density at radius 2 is 2.25 bits per heavy atom. The molecule has 0 aliphatic carbocycles. The first-order valence-corrected chi connectivity index (χ1v) is 8.68. The first-order chi connectivity index (χ1) is 9.55. The van der Waals surface area contributed by atoms with E-state index >= 15 is 0 Å². The van der Waals surface area contributed by atoms with Gasteiger partial charge in [-0.25, -0.2) is 8.42 Å². The zero-order valence-corrected chi connectivity index (χ0v) is 12.3. The number of hydrogen-bond acceptors (Lipinski definition) is 5. The number of anilines is 1. The average molecular weight is 299 g/mol. The van der Waals surface area contributed by atoms with Gasteiger partial charge in [0.05, 0.1) is 24.2 Å². The van der Waals surface area contributed by atoms with Crippen molar-refractivity contribution in [1.29, 1.82) is 0 Å². The number of nitrogen functional groups attached to an aromatic ring is 1. The highest BCUT2D eigenvalue weighted by Gasteiger charge is 2.22. The summed E-state index contributed by atoms with van der Waals surface area (Å²) in [7, 11) is -3.06. The van der Waals surface area contributed by atoms with E-state index in [0.717, 1.165) is 12.8 Å². The molecule has 1 atom stereocenters. The van der Waals surface area contributed by atoms with Crippen molar-refractivity contribution in [2.24, 2.45) is 0 Å². The molecule has 5 nitrogen and oxygen atoms in total. The number of ether oxygens (including phenoxy) is 2. The molecule has 1 saturated heterocycles. The standard InChI is InChI=1S/C14H21NO4S/c15-12-4-1-5-13(10-12)18-8-3-9-20(16,17)11-14-6-2-7-19-14/h1,4-5,10,14H,2-3,6-9,11,15H2. The molecule has 0 aromatic heterocycles. The van der Waals surface area contributed by atoms with Gasteiger partial charge in [0.25, 0.3) is 0 Å². The highest BCUT2D eigenvalue weighted by Crippen LogP contribution is 2.16. The molecule has 2 rings (SSSR count). The molecule has 0 radical (unpaired) electrons. The molecule has 0 spiro atoms. The van der Waals surface area contributed by atoms with Crippen LogP contribution in [0.1, 0.15) is 19.3 Å². The monoisotopic (exact) mass is 299 g/mol. The predicted molar refractivity (Wildman–Crippen MR) is 78.6 cm³/mol. The lowest BCUT2D eigenvalue weighted by Crippen LogP contribution is -2.23. The first-order valence-electron chi connectivity index (χ1n) is 6.85. The van der Waals surface area contributed by atoms with E-state index in [9.17, 15) is 8.42 Å². The molecule has 1 fully saturated rings. The van der Waals surface area contributed by atoms with Crippen LogP contribution < -0.4 is 10.5 Å². The maximum Gasteiger partial charge on any atom is 0.152 e. The van der Waals surface area contributed by atoms with Gasteiger partial charge in [-0.2, -0.15) is 0 Å². The van der Waals surface area contributed by atoms with Crippen molar-refractivity contribution >= 4 is 15.5 Å². The van der Waals surface area contributed by atoms with Crippen LogP contribution >= 0.6 is 0 Å². The minimum atomic E-state index is -3.06. The third-order valence-electron chi connectivity index (χ3n) is 3.19. The highest BCUT2D eigenvalue weighted by atomic mass is 32.2. The number of hydrogen-bond donors (Lipinski definition) is 1. The summed E-state index contributed by atoms with van der Waals surface area (Å²) in [6, 6.07) is 7.11. The van der Waals surface area contributed by atoms with Gasteiger partial charge < -0.3 is 15.2 Å². The normalized spacial score (nSPS) is 19.1. The third-order valence-corrected chi connectivity index (χ3v) is 4.98. The molecule has 20 heavy (non-hydrogen) atoms. The van der Waals surface area contributed by atoms with Gasteiger partial charge in [0, 0.05) is 18.4 Å². The Morgan fingerprint density at radius 3 is 2.95 bits per heavy atom. The van der Waals surface area contributed by atoms with Crippen molar-refractivity contribution in [2.75, 3.05) is 30.5 Å².